The first-order chi connectivity index (χ1) is 11.1. The number of nitrogens with one attached hydrogen (secondary N) is 1. The molecular formula is C16H30IN3O3S. The van der Waals surface area contributed by atoms with E-state index in [4.69, 9.17) is 9.47 Å². The number of halogens is 1. The van der Waals surface area contributed by atoms with E-state index in [1.165, 1.54) is 7.11 Å². The number of carbonyl (C=O) groups is 1. The third-order valence-electron chi connectivity index (χ3n) is 4.95. The second kappa shape index (κ2) is 10.7. The number of ether oxygens (including phenoxy) is 2. The Morgan fingerprint density at radius 2 is 2.00 bits per heavy atom. The maximum atomic E-state index is 11.6. The second-order valence-electron chi connectivity index (χ2n) is 6.18. The number of guanidine groups is 1. The predicted octanol–water partition coefficient (Wildman–Crippen LogP) is 1.98. The highest BCUT2D eigenvalue weighted by atomic mass is 127. The number of thioether (sulfide) groups is 1. The number of nitrogens with zero attached hydrogens (tertiary/aromatic N) is 2. The largest absolute Gasteiger partial charge is 0.469 e. The Hall–Kier alpha value is -0.220. The number of methoxy groups -OCH3 is 1. The molecule has 0 aliphatic carbocycles. The first-order valence-electron chi connectivity index (χ1n) is 8.30. The van der Waals surface area contributed by atoms with Crippen LogP contribution >= 0.6 is 35.7 Å². The SMILES string of the molecule is CN=C(NCC1(SC)CCOCC1)N1CCC(C(=O)OC)CC1.I. The van der Waals surface area contributed by atoms with E-state index in [1.54, 1.807) is 0 Å². The van der Waals surface area contributed by atoms with Crippen LogP contribution in [0.15, 0.2) is 4.99 Å². The van der Waals surface area contributed by atoms with E-state index in [-0.39, 0.29) is 40.6 Å². The van der Waals surface area contributed by atoms with Gasteiger partial charge in [0.1, 0.15) is 0 Å². The molecule has 140 valence electrons. The third-order valence-corrected chi connectivity index (χ3v) is 6.37. The Balaban J connectivity index is 0.00000288. The molecule has 0 aromatic carbocycles. The summed E-state index contributed by atoms with van der Waals surface area (Å²) in [5.74, 6) is 0.881. The Morgan fingerprint density at radius 1 is 1.38 bits per heavy atom. The minimum Gasteiger partial charge on any atom is -0.469 e. The van der Waals surface area contributed by atoms with E-state index in [0.29, 0.717) is 0 Å². The smallest absolute Gasteiger partial charge is 0.308 e. The van der Waals surface area contributed by atoms with Crippen molar-refractivity contribution in [3.8, 4) is 0 Å². The zero-order chi connectivity index (χ0) is 16.7. The highest BCUT2D eigenvalue weighted by Gasteiger charge is 2.33. The average molecular weight is 471 g/mol. The molecule has 6 nitrogen and oxygen atoms in total. The van der Waals surface area contributed by atoms with Crippen LogP contribution in [0.5, 0.6) is 0 Å². The molecule has 2 aliphatic rings. The topological polar surface area (TPSA) is 63.2 Å². The Bertz CT molecular complexity index is 423. The lowest BCUT2D eigenvalue weighted by molar-refractivity contribution is -0.146. The van der Waals surface area contributed by atoms with Gasteiger partial charge in [0.2, 0.25) is 0 Å². The minimum absolute atomic E-state index is 0. The van der Waals surface area contributed by atoms with E-state index in [1.807, 2.05) is 18.8 Å². The molecule has 8 heteroatoms. The molecule has 2 aliphatic heterocycles. The van der Waals surface area contributed by atoms with Gasteiger partial charge in [-0.15, -0.1) is 24.0 Å². The van der Waals surface area contributed by atoms with Crippen molar-refractivity contribution < 1.29 is 14.3 Å². The van der Waals surface area contributed by atoms with Crippen LogP contribution in [0.1, 0.15) is 25.7 Å². The average Bonchev–Trinajstić information content (AvgIpc) is 2.63. The van der Waals surface area contributed by atoms with Crippen molar-refractivity contribution in [3.63, 3.8) is 0 Å². The summed E-state index contributed by atoms with van der Waals surface area (Å²) in [5.41, 5.74) is 0. The number of rotatable bonds is 4. The molecule has 0 radical (unpaired) electrons. The lowest BCUT2D eigenvalue weighted by Gasteiger charge is -2.38. The van der Waals surface area contributed by atoms with Crippen LogP contribution in [0.3, 0.4) is 0 Å². The predicted molar refractivity (Wildman–Crippen MR) is 109 cm³/mol. The van der Waals surface area contributed by atoms with Crippen LogP contribution in [-0.4, -0.2) is 74.8 Å². The fraction of sp³-hybridized carbons (Fsp3) is 0.875. The molecule has 2 rings (SSSR count). The zero-order valence-corrected chi connectivity index (χ0v) is 18.0. The maximum absolute atomic E-state index is 11.6. The molecule has 1 N–H and O–H groups in total. The summed E-state index contributed by atoms with van der Waals surface area (Å²) in [6.45, 7) is 4.27. The molecular weight excluding hydrogens is 441 g/mol. The fourth-order valence-corrected chi connectivity index (χ4v) is 4.05. The summed E-state index contributed by atoms with van der Waals surface area (Å²) in [7, 11) is 3.29. The molecule has 0 unspecified atom stereocenters. The lowest BCUT2D eigenvalue weighted by Crippen LogP contribution is -2.51. The van der Waals surface area contributed by atoms with Crippen LogP contribution < -0.4 is 5.32 Å². The number of hydrogen-bond donors (Lipinski definition) is 1. The van der Waals surface area contributed by atoms with Gasteiger partial charge in [-0.3, -0.25) is 9.79 Å². The molecule has 0 amide bonds. The highest BCUT2D eigenvalue weighted by molar-refractivity contribution is 14.0. The first-order valence-corrected chi connectivity index (χ1v) is 9.53. The number of aliphatic imine (C=N–C) groups is 1. The molecule has 2 saturated heterocycles. The van der Waals surface area contributed by atoms with Crippen molar-refractivity contribution in [2.75, 3.05) is 53.3 Å². The van der Waals surface area contributed by atoms with Gasteiger partial charge in [-0.1, -0.05) is 0 Å². The van der Waals surface area contributed by atoms with Crippen molar-refractivity contribution in [2.45, 2.75) is 30.4 Å². The van der Waals surface area contributed by atoms with Gasteiger partial charge in [0, 0.05) is 44.6 Å². The number of piperidine rings is 1. The standard InChI is InChI=1S/C16H29N3O3S.HI/c1-17-15(18-12-16(23-3)6-10-22-11-7-16)19-8-4-13(5-9-19)14(20)21-2;/h13H,4-12H2,1-3H3,(H,17,18);1H. The minimum atomic E-state index is -0.0869. The van der Waals surface area contributed by atoms with Gasteiger partial charge in [0.25, 0.3) is 0 Å². The molecule has 0 atom stereocenters. The summed E-state index contributed by atoms with van der Waals surface area (Å²) < 4.78 is 10.6. The summed E-state index contributed by atoms with van der Waals surface area (Å²) in [6, 6.07) is 0. The molecule has 2 fully saturated rings. The summed E-state index contributed by atoms with van der Waals surface area (Å²) in [5, 5.41) is 3.54. The quantitative estimate of drug-likeness (QED) is 0.293. The van der Waals surface area contributed by atoms with Crippen molar-refractivity contribution in [1.29, 1.82) is 0 Å². The van der Waals surface area contributed by atoms with Crippen molar-refractivity contribution in [2.24, 2.45) is 10.9 Å². The molecule has 0 bridgehead atoms. The normalized spacial score (nSPS) is 21.8. The van der Waals surface area contributed by atoms with Gasteiger partial charge in [-0.25, -0.2) is 0 Å². The Labute approximate surface area is 166 Å². The first kappa shape index (κ1) is 21.8. The van der Waals surface area contributed by atoms with Gasteiger partial charge in [0.15, 0.2) is 5.96 Å². The van der Waals surface area contributed by atoms with Gasteiger partial charge in [0.05, 0.1) is 13.0 Å². The maximum Gasteiger partial charge on any atom is 0.308 e. The van der Waals surface area contributed by atoms with Crippen LogP contribution in [0.4, 0.5) is 0 Å². The molecule has 2 heterocycles. The van der Waals surface area contributed by atoms with Gasteiger partial charge in [-0.2, -0.15) is 11.8 Å². The summed E-state index contributed by atoms with van der Waals surface area (Å²) >= 11 is 1.92. The number of likely N-dealkylation sites (tertiary alicyclic amines) is 1. The zero-order valence-electron chi connectivity index (χ0n) is 14.9. The van der Waals surface area contributed by atoms with E-state index in [0.717, 1.165) is 64.5 Å². The number of hydrogen-bond acceptors (Lipinski definition) is 5. The van der Waals surface area contributed by atoms with Crippen LogP contribution in [0, 0.1) is 5.92 Å². The van der Waals surface area contributed by atoms with Crippen LogP contribution in [-0.2, 0) is 14.3 Å². The lowest BCUT2D eigenvalue weighted by atomic mass is 9.97. The fourth-order valence-electron chi connectivity index (χ4n) is 3.26. The van der Waals surface area contributed by atoms with Crippen molar-refractivity contribution >= 4 is 47.7 Å². The third kappa shape index (κ3) is 5.66. The Kier molecular flexibility index (Phi) is 9.73. The summed E-state index contributed by atoms with van der Waals surface area (Å²) in [6.07, 6.45) is 5.98. The molecule has 0 saturated carbocycles. The number of carbonyl (C=O) groups excluding carboxylic acids is 1. The number of esters is 1. The Morgan fingerprint density at radius 3 is 2.50 bits per heavy atom. The molecule has 24 heavy (non-hydrogen) atoms. The highest BCUT2D eigenvalue weighted by Crippen LogP contribution is 2.33. The second-order valence-corrected chi connectivity index (χ2v) is 7.46. The monoisotopic (exact) mass is 471 g/mol. The van der Waals surface area contributed by atoms with Crippen molar-refractivity contribution in [3.05, 3.63) is 0 Å². The van der Waals surface area contributed by atoms with E-state index < -0.39 is 0 Å². The van der Waals surface area contributed by atoms with Gasteiger partial charge >= 0.3 is 5.97 Å². The van der Waals surface area contributed by atoms with Gasteiger partial charge in [-0.05, 0) is 31.9 Å². The summed E-state index contributed by atoms with van der Waals surface area (Å²) in [4.78, 5) is 18.3. The van der Waals surface area contributed by atoms with E-state index in [2.05, 4.69) is 21.5 Å². The van der Waals surface area contributed by atoms with Gasteiger partial charge < -0.3 is 19.7 Å². The van der Waals surface area contributed by atoms with Crippen LogP contribution in [0.2, 0.25) is 0 Å². The molecule has 0 aromatic rings. The van der Waals surface area contributed by atoms with E-state index in [9.17, 15) is 4.79 Å². The molecule has 0 spiro atoms. The molecule has 0 aromatic heterocycles. The van der Waals surface area contributed by atoms with E-state index >= 15 is 0 Å². The van der Waals surface area contributed by atoms with Crippen LogP contribution in [0.25, 0.3) is 0 Å². The van der Waals surface area contributed by atoms with Crippen molar-refractivity contribution in [1.82, 2.24) is 10.2 Å².